The summed E-state index contributed by atoms with van der Waals surface area (Å²) >= 11 is 0. The molecule has 1 unspecified atom stereocenters. The predicted molar refractivity (Wildman–Crippen MR) is 127 cm³/mol. The Hall–Kier alpha value is -0.610. The zero-order valence-corrected chi connectivity index (χ0v) is 20.1. The molecule has 4 N–H and O–H groups in total. The first kappa shape index (κ1) is 25.4. The molecule has 2 rings (SSSR count). The van der Waals surface area contributed by atoms with E-state index in [-0.39, 0.29) is 35.8 Å². The number of nitrogens with zero attached hydrogens (tertiary/aromatic N) is 3. The third-order valence-electron chi connectivity index (χ3n) is 5.62. The molecular weight excluding hydrogens is 467 g/mol. The van der Waals surface area contributed by atoms with Crippen molar-refractivity contribution in [3.05, 3.63) is 0 Å². The van der Waals surface area contributed by atoms with Crippen LogP contribution in [0.5, 0.6) is 0 Å². The third-order valence-corrected chi connectivity index (χ3v) is 5.62. The first-order chi connectivity index (χ1) is 13.1. The molecule has 0 spiro atoms. The summed E-state index contributed by atoms with van der Waals surface area (Å²) < 4.78 is 0. The standard InChI is InChI=1S/C20H40N6O.HI/c1-3-11-25-14-8-18(9-15-25)24-20(22-4-2)23-10-6-13-26-12-5-7-17(16-26)19(21)27;/h17-18H,3-16H2,1-2H3,(H2,21,27)(H2,22,23,24);1H. The van der Waals surface area contributed by atoms with Crippen LogP contribution >= 0.6 is 24.0 Å². The molecule has 2 aliphatic rings. The molecule has 164 valence electrons. The minimum Gasteiger partial charge on any atom is -0.369 e. The van der Waals surface area contributed by atoms with E-state index in [1.165, 1.54) is 38.9 Å². The second-order valence-corrected chi connectivity index (χ2v) is 7.92. The van der Waals surface area contributed by atoms with Crippen LogP contribution in [0.1, 0.15) is 52.4 Å². The molecule has 2 aliphatic heterocycles. The fraction of sp³-hybridized carbons (Fsp3) is 0.900. The normalized spacial score (nSPS) is 22.5. The molecule has 28 heavy (non-hydrogen) atoms. The van der Waals surface area contributed by atoms with Crippen molar-refractivity contribution in [2.45, 2.75) is 58.4 Å². The van der Waals surface area contributed by atoms with Gasteiger partial charge in [0.25, 0.3) is 0 Å². The fourth-order valence-electron chi connectivity index (χ4n) is 4.11. The number of carbonyl (C=O) groups is 1. The largest absolute Gasteiger partial charge is 0.369 e. The van der Waals surface area contributed by atoms with Gasteiger partial charge in [0.1, 0.15) is 0 Å². The second-order valence-electron chi connectivity index (χ2n) is 7.92. The summed E-state index contributed by atoms with van der Waals surface area (Å²) in [5, 5.41) is 6.99. The van der Waals surface area contributed by atoms with E-state index >= 15 is 0 Å². The van der Waals surface area contributed by atoms with Gasteiger partial charge in [0.05, 0.1) is 5.92 Å². The maximum atomic E-state index is 11.4. The summed E-state index contributed by atoms with van der Waals surface area (Å²) in [6.07, 6.45) is 6.63. The highest BCUT2D eigenvalue weighted by Crippen LogP contribution is 2.16. The van der Waals surface area contributed by atoms with Crippen LogP contribution in [0, 0.1) is 5.92 Å². The zero-order valence-electron chi connectivity index (χ0n) is 17.8. The Morgan fingerprint density at radius 2 is 1.86 bits per heavy atom. The number of amides is 1. The van der Waals surface area contributed by atoms with Gasteiger partial charge in [0.2, 0.25) is 5.91 Å². The van der Waals surface area contributed by atoms with Gasteiger partial charge in [-0.3, -0.25) is 9.79 Å². The number of hydrogen-bond donors (Lipinski definition) is 3. The van der Waals surface area contributed by atoms with Crippen molar-refractivity contribution in [2.24, 2.45) is 16.6 Å². The lowest BCUT2D eigenvalue weighted by molar-refractivity contribution is -0.123. The van der Waals surface area contributed by atoms with Crippen LogP contribution < -0.4 is 16.4 Å². The van der Waals surface area contributed by atoms with Gasteiger partial charge in [-0.2, -0.15) is 0 Å². The van der Waals surface area contributed by atoms with Crippen LogP contribution in [0.2, 0.25) is 0 Å². The zero-order chi connectivity index (χ0) is 19.5. The number of halogens is 1. The topological polar surface area (TPSA) is 86.0 Å². The van der Waals surface area contributed by atoms with E-state index in [1.807, 2.05) is 0 Å². The molecule has 0 saturated carbocycles. The quantitative estimate of drug-likeness (QED) is 0.191. The lowest BCUT2D eigenvalue weighted by atomic mass is 9.97. The number of carbonyl (C=O) groups excluding carboxylic acids is 1. The van der Waals surface area contributed by atoms with Gasteiger partial charge in [-0.05, 0) is 65.1 Å². The average molecular weight is 508 g/mol. The Kier molecular flexibility index (Phi) is 13.1. The minimum absolute atomic E-state index is 0. The fourth-order valence-corrected chi connectivity index (χ4v) is 4.11. The average Bonchev–Trinajstić information content (AvgIpc) is 2.67. The van der Waals surface area contributed by atoms with E-state index in [2.05, 4.69) is 34.3 Å². The summed E-state index contributed by atoms with van der Waals surface area (Å²) in [5.41, 5.74) is 5.46. The SMILES string of the molecule is CCCN1CCC(NC(=NCCCN2CCCC(C(N)=O)C2)NCC)CC1.I. The van der Waals surface area contributed by atoms with Crippen molar-refractivity contribution in [1.82, 2.24) is 20.4 Å². The molecule has 1 amide bonds. The van der Waals surface area contributed by atoms with Crippen molar-refractivity contribution >= 4 is 35.8 Å². The number of primary amides is 1. The summed E-state index contributed by atoms with van der Waals surface area (Å²) in [6.45, 7) is 12.5. The van der Waals surface area contributed by atoms with Gasteiger partial charge < -0.3 is 26.2 Å². The van der Waals surface area contributed by atoms with Crippen LogP contribution in [0.3, 0.4) is 0 Å². The number of hydrogen-bond acceptors (Lipinski definition) is 4. The van der Waals surface area contributed by atoms with Crippen molar-refractivity contribution in [1.29, 1.82) is 0 Å². The maximum absolute atomic E-state index is 11.4. The van der Waals surface area contributed by atoms with Gasteiger partial charge >= 0.3 is 0 Å². The number of aliphatic imine (C=N–C) groups is 1. The van der Waals surface area contributed by atoms with Gasteiger partial charge in [0, 0.05) is 38.8 Å². The molecule has 0 radical (unpaired) electrons. The van der Waals surface area contributed by atoms with Crippen molar-refractivity contribution in [2.75, 3.05) is 52.4 Å². The molecule has 0 bridgehead atoms. The van der Waals surface area contributed by atoms with E-state index in [0.717, 1.165) is 57.9 Å². The van der Waals surface area contributed by atoms with Crippen LogP contribution in [0.15, 0.2) is 4.99 Å². The summed E-state index contributed by atoms with van der Waals surface area (Å²) in [6, 6.07) is 0.523. The maximum Gasteiger partial charge on any atom is 0.221 e. The van der Waals surface area contributed by atoms with Gasteiger partial charge in [0.15, 0.2) is 5.96 Å². The van der Waals surface area contributed by atoms with Crippen molar-refractivity contribution < 1.29 is 4.79 Å². The molecule has 8 heteroatoms. The Morgan fingerprint density at radius 3 is 2.50 bits per heavy atom. The summed E-state index contributed by atoms with van der Waals surface area (Å²) in [7, 11) is 0. The molecule has 7 nitrogen and oxygen atoms in total. The third kappa shape index (κ3) is 9.26. The Balaban J connectivity index is 0.00000392. The molecule has 0 aromatic carbocycles. The monoisotopic (exact) mass is 508 g/mol. The van der Waals surface area contributed by atoms with Gasteiger partial charge in [-0.25, -0.2) is 0 Å². The smallest absolute Gasteiger partial charge is 0.221 e. The number of nitrogens with two attached hydrogens (primary N) is 1. The van der Waals surface area contributed by atoms with E-state index in [4.69, 9.17) is 10.7 Å². The van der Waals surface area contributed by atoms with Gasteiger partial charge in [-0.1, -0.05) is 6.92 Å². The Morgan fingerprint density at radius 1 is 1.11 bits per heavy atom. The number of guanidine groups is 1. The highest BCUT2D eigenvalue weighted by molar-refractivity contribution is 14.0. The summed E-state index contributed by atoms with van der Waals surface area (Å²) in [4.78, 5) is 21.1. The van der Waals surface area contributed by atoms with E-state index in [9.17, 15) is 4.79 Å². The highest BCUT2D eigenvalue weighted by atomic mass is 127. The molecule has 2 heterocycles. The lowest BCUT2D eigenvalue weighted by Gasteiger charge is -2.33. The van der Waals surface area contributed by atoms with E-state index < -0.39 is 0 Å². The van der Waals surface area contributed by atoms with Crippen molar-refractivity contribution in [3.8, 4) is 0 Å². The summed E-state index contributed by atoms with van der Waals surface area (Å²) in [5.74, 6) is 0.821. The van der Waals surface area contributed by atoms with Crippen LogP contribution in [-0.2, 0) is 4.79 Å². The van der Waals surface area contributed by atoms with Crippen LogP contribution in [0.4, 0.5) is 0 Å². The lowest BCUT2D eigenvalue weighted by Crippen LogP contribution is -2.48. The second kappa shape index (κ2) is 14.4. The predicted octanol–water partition coefficient (Wildman–Crippen LogP) is 1.62. The number of rotatable bonds is 9. The number of piperidine rings is 2. The highest BCUT2D eigenvalue weighted by Gasteiger charge is 2.23. The number of nitrogens with one attached hydrogen (secondary N) is 2. The molecule has 0 aliphatic carbocycles. The minimum atomic E-state index is -0.152. The molecule has 2 fully saturated rings. The van der Waals surface area contributed by atoms with Crippen LogP contribution in [-0.4, -0.2) is 80.1 Å². The first-order valence-electron chi connectivity index (χ1n) is 10.9. The molecule has 0 aromatic heterocycles. The molecule has 1 atom stereocenters. The van der Waals surface area contributed by atoms with Crippen LogP contribution in [0.25, 0.3) is 0 Å². The first-order valence-corrected chi connectivity index (χ1v) is 10.9. The Bertz CT molecular complexity index is 468. The van der Waals surface area contributed by atoms with E-state index in [0.29, 0.717) is 6.04 Å². The molecular formula is C20H41IN6O. The Labute approximate surface area is 188 Å². The van der Waals surface area contributed by atoms with Gasteiger partial charge in [-0.15, -0.1) is 24.0 Å². The molecule has 0 aromatic rings. The van der Waals surface area contributed by atoms with Crippen molar-refractivity contribution in [3.63, 3.8) is 0 Å². The van der Waals surface area contributed by atoms with E-state index in [1.54, 1.807) is 0 Å². The number of likely N-dealkylation sites (tertiary alicyclic amines) is 2. The molecule has 2 saturated heterocycles.